The van der Waals surface area contributed by atoms with Crippen LogP contribution < -0.4 is 10.6 Å². The third-order valence-electron chi connectivity index (χ3n) is 1.98. The van der Waals surface area contributed by atoms with Crippen molar-refractivity contribution in [3.05, 3.63) is 0 Å². The number of carbonyl (C=O) groups excluding carboxylic acids is 2. The van der Waals surface area contributed by atoms with Crippen LogP contribution in [0.25, 0.3) is 0 Å². The monoisotopic (exact) mass is 246 g/mol. The molecule has 0 aromatic rings. The largest absolute Gasteiger partial charge is 0.450 e. The molecule has 2 amide bonds. The van der Waals surface area contributed by atoms with Gasteiger partial charge >= 0.3 is 6.09 Å². The summed E-state index contributed by atoms with van der Waals surface area (Å²) in [6.07, 6.45) is 0.367. The van der Waals surface area contributed by atoms with Gasteiger partial charge in [0.1, 0.15) is 0 Å². The molecule has 0 unspecified atom stereocenters. The van der Waals surface area contributed by atoms with E-state index in [-0.39, 0.29) is 21.5 Å². The molecule has 0 heterocycles. The summed E-state index contributed by atoms with van der Waals surface area (Å²) >= 11 is 0. The minimum absolute atomic E-state index is 0.0102. The number of ether oxygens (including phenoxy) is 1. The second kappa shape index (κ2) is 10.5. The lowest BCUT2D eigenvalue weighted by atomic mass is 10.4. The quantitative estimate of drug-likeness (QED) is 0.477. The van der Waals surface area contributed by atoms with Gasteiger partial charge in [0.05, 0.1) is 6.61 Å². The molecule has 2 N–H and O–H groups in total. The molecule has 94 valence electrons. The molecule has 6 heteroatoms. The molecule has 0 saturated carbocycles. The first-order chi connectivity index (χ1) is 7.66. The van der Waals surface area contributed by atoms with Crippen LogP contribution in [-0.2, 0) is 9.53 Å². The van der Waals surface area contributed by atoms with Gasteiger partial charge in [-0.2, -0.15) is 0 Å². The van der Waals surface area contributed by atoms with Gasteiger partial charge in [0.25, 0.3) is 0 Å². The van der Waals surface area contributed by atoms with Gasteiger partial charge < -0.3 is 15.4 Å². The van der Waals surface area contributed by atoms with Crippen LogP contribution in [0.4, 0.5) is 4.79 Å². The number of rotatable bonds is 8. The molecule has 0 aliphatic carbocycles. The van der Waals surface area contributed by atoms with E-state index in [1.165, 1.54) is 13.0 Å². The van der Waals surface area contributed by atoms with Crippen LogP contribution in [-0.4, -0.2) is 41.2 Å². The zero-order valence-electron chi connectivity index (χ0n) is 10.2. The molecule has 0 spiro atoms. The van der Waals surface area contributed by atoms with Crippen LogP contribution in [0, 0.1) is 0 Å². The van der Waals surface area contributed by atoms with Crippen molar-refractivity contribution in [2.24, 2.45) is 0 Å². The summed E-state index contributed by atoms with van der Waals surface area (Å²) < 4.78 is 4.97. The Morgan fingerprint density at radius 3 is 2.56 bits per heavy atom. The van der Waals surface area contributed by atoms with E-state index < -0.39 is 0 Å². The van der Waals surface area contributed by atoms with E-state index in [0.29, 0.717) is 19.7 Å². The number of alkyl carbamates (subject to hydrolysis) is 1. The van der Waals surface area contributed by atoms with Gasteiger partial charge in [-0.3, -0.25) is 4.79 Å². The van der Waals surface area contributed by atoms with Gasteiger partial charge in [0.2, 0.25) is 5.91 Å². The maximum absolute atomic E-state index is 11.1. The normalized spacial score (nSPS) is 10.4. The second-order valence-corrected chi connectivity index (χ2v) is 6.02. The van der Waals surface area contributed by atoms with Crippen molar-refractivity contribution in [1.82, 2.24) is 10.6 Å². The topological polar surface area (TPSA) is 67.4 Å². The zero-order valence-corrected chi connectivity index (χ0v) is 11.6. The molecule has 0 aliphatic rings. The van der Waals surface area contributed by atoms with Crippen LogP contribution in [0.3, 0.4) is 0 Å². The van der Waals surface area contributed by atoms with Crippen LogP contribution in [0.1, 0.15) is 20.3 Å². The molecule has 16 heavy (non-hydrogen) atoms. The van der Waals surface area contributed by atoms with Crippen LogP contribution in [0.5, 0.6) is 0 Å². The fraction of sp³-hybridized carbons (Fsp3) is 0.800. The Bertz CT molecular complexity index is 212. The fourth-order valence-electron chi connectivity index (χ4n) is 1.11. The molecule has 0 aromatic heterocycles. The average Bonchev–Trinajstić information content (AvgIpc) is 2.23. The van der Waals surface area contributed by atoms with Gasteiger partial charge in [-0.05, 0) is 12.5 Å². The molecule has 0 fully saturated rings. The lowest BCUT2D eigenvalue weighted by Crippen LogP contribution is -2.29. The highest BCUT2D eigenvalue weighted by molar-refractivity contribution is 6.35. The number of amides is 2. The number of nitrogens with one attached hydrogen (secondary N) is 2. The van der Waals surface area contributed by atoms with Crippen molar-refractivity contribution in [3.8, 4) is 0 Å². The predicted octanol–water partition coefficient (Wildman–Crippen LogP) is 0.264. The van der Waals surface area contributed by atoms with Crippen LogP contribution >= 0.6 is 0 Å². The van der Waals surface area contributed by atoms with E-state index in [2.05, 4.69) is 17.6 Å². The summed E-state index contributed by atoms with van der Waals surface area (Å²) in [6.45, 7) is 5.29. The van der Waals surface area contributed by atoms with Crippen molar-refractivity contribution in [2.75, 3.05) is 19.7 Å². The Balaban J connectivity index is 3.20. The number of hydrogen-bond acceptors (Lipinski definition) is 3. The van der Waals surface area contributed by atoms with Crippen molar-refractivity contribution in [2.45, 2.75) is 32.4 Å². The number of carbonyl (C=O) groups is 2. The van der Waals surface area contributed by atoms with E-state index in [1.807, 2.05) is 0 Å². The summed E-state index contributed by atoms with van der Waals surface area (Å²) in [4.78, 5) is 21.6. The third-order valence-corrected chi connectivity index (χ3v) is 3.47. The predicted molar refractivity (Wildman–Crippen MR) is 66.5 cm³/mol. The van der Waals surface area contributed by atoms with Gasteiger partial charge in [-0.1, -0.05) is 13.0 Å². The van der Waals surface area contributed by atoms with Crippen molar-refractivity contribution < 1.29 is 14.3 Å². The third kappa shape index (κ3) is 11.0. The standard InChI is InChI=1S/C10H22N2O3Si/c1-3-16-8-7-15-10(14)12-6-4-5-11-9(2)13/h3-8,16H2,1-2H3,(H,11,13)(H,12,14). The highest BCUT2D eigenvalue weighted by Crippen LogP contribution is 1.87. The molecule has 5 nitrogen and oxygen atoms in total. The van der Waals surface area contributed by atoms with Gasteiger partial charge in [-0.25, -0.2) is 4.79 Å². The summed E-state index contributed by atoms with van der Waals surface area (Å²) in [5.74, 6) is -0.0490. The number of hydrogen-bond donors (Lipinski definition) is 2. The smallest absolute Gasteiger partial charge is 0.407 e. The molecular weight excluding hydrogens is 224 g/mol. The molecule has 0 aliphatic heterocycles. The Morgan fingerprint density at radius 1 is 1.25 bits per heavy atom. The van der Waals surface area contributed by atoms with Crippen LogP contribution in [0.2, 0.25) is 12.1 Å². The van der Waals surface area contributed by atoms with E-state index in [4.69, 9.17) is 4.74 Å². The molecule has 0 rings (SSSR count). The van der Waals surface area contributed by atoms with E-state index >= 15 is 0 Å². The Labute approximate surface area is 99.1 Å². The van der Waals surface area contributed by atoms with Crippen LogP contribution in [0.15, 0.2) is 0 Å². The van der Waals surface area contributed by atoms with Gasteiger partial charge in [0.15, 0.2) is 0 Å². The fourth-order valence-corrected chi connectivity index (χ4v) is 1.96. The maximum Gasteiger partial charge on any atom is 0.407 e. The Kier molecular flexibility index (Phi) is 9.79. The lowest BCUT2D eigenvalue weighted by molar-refractivity contribution is -0.118. The highest BCUT2D eigenvalue weighted by atomic mass is 28.2. The van der Waals surface area contributed by atoms with E-state index in [9.17, 15) is 9.59 Å². The first kappa shape index (κ1) is 15.0. The average molecular weight is 246 g/mol. The molecule has 0 radical (unpaired) electrons. The minimum Gasteiger partial charge on any atom is -0.450 e. The van der Waals surface area contributed by atoms with E-state index in [1.54, 1.807) is 0 Å². The molecular formula is C10H22N2O3Si. The van der Waals surface area contributed by atoms with Gasteiger partial charge in [-0.15, -0.1) is 0 Å². The minimum atomic E-state index is -0.354. The summed E-state index contributed by atoms with van der Waals surface area (Å²) in [5.41, 5.74) is 0. The zero-order chi connectivity index (χ0) is 12.2. The first-order valence-electron chi connectivity index (χ1n) is 5.82. The molecule has 0 bridgehead atoms. The molecule has 0 saturated heterocycles. The highest BCUT2D eigenvalue weighted by Gasteiger charge is 2.00. The Hall–Kier alpha value is -1.04. The van der Waals surface area contributed by atoms with Crippen molar-refractivity contribution >= 4 is 21.5 Å². The molecule has 0 aromatic carbocycles. The Morgan fingerprint density at radius 2 is 1.94 bits per heavy atom. The summed E-state index contributed by atoms with van der Waals surface area (Å²) in [5, 5.41) is 5.29. The van der Waals surface area contributed by atoms with Crippen molar-refractivity contribution in [3.63, 3.8) is 0 Å². The summed E-state index contributed by atoms with van der Waals surface area (Å²) in [6, 6.07) is 2.30. The van der Waals surface area contributed by atoms with Gasteiger partial charge in [0, 0.05) is 29.5 Å². The molecule has 0 atom stereocenters. The van der Waals surface area contributed by atoms with E-state index in [0.717, 1.165) is 12.5 Å². The second-order valence-electron chi connectivity index (χ2n) is 3.61. The first-order valence-corrected chi connectivity index (χ1v) is 7.82. The maximum atomic E-state index is 11.1. The SMILES string of the molecule is CC[SiH2]CCOC(=O)NCCCNC(C)=O. The summed E-state index contributed by atoms with van der Waals surface area (Å²) in [7, 11) is -0.0102. The lowest BCUT2D eigenvalue weighted by Gasteiger charge is -2.06. The van der Waals surface area contributed by atoms with Crippen molar-refractivity contribution in [1.29, 1.82) is 0 Å².